The Balaban J connectivity index is 1.69. The number of ketones is 1. The van der Waals surface area contributed by atoms with Crippen LogP contribution in [-0.4, -0.2) is 49.9 Å². The predicted molar refractivity (Wildman–Crippen MR) is 107 cm³/mol. The molecule has 0 spiro atoms. The van der Waals surface area contributed by atoms with Gasteiger partial charge in [-0.3, -0.25) is 4.79 Å². The first kappa shape index (κ1) is 20.9. The molecule has 1 aliphatic heterocycles. The molecule has 1 aliphatic rings. The Morgan fingerprint density at radius 2 is 1.93 bits per heavy atom. The number of carbonyl (C=O) groups is 2. The number of hydrogen-bond donors (Lipinski definition) is 0. The maximum Gasteiger partial charge on any atom is 0.342 e. The molecular formula is C22H27NO6. The lowest BCUT2D eigenvalue weighted by molar-refractivity contribution is 0.0471. The largest absolute Gasteiger partial charge is 0.497 e. The predicted octanol–water partition coefficient (Wildman–Crippen LogP) is 3.34. The molecule has 156 valence electrons. The van der Waals surface area contributed by atoms with Crippen LogP contribution >= 0.6 is 0 Å². The minimum absolute atomic E-state index is 0.182. The molecule has 0 bridgehead atoms. The van der Waals surface area contributed by atoms with Gasteiger partial charge in [0.15, 0.2) is 6.61 Å². The van der Waals surface area contributed by atoms with Gasteiger partial charge in [-0.2, -0.15) is 0 Å². The van der Waals surface area contributed by atoms with Gasteiger partial charge in [-0.05, 0) is 51.0 Å². The van der Waals surface area contributed by atoms with Crippen LogP contribution < -0.4 is 9.47 Å². The summed E-state index contributed by atoms with van der Waals surface area (Å²) in [5.74, 6) is -0.0195. The van der Waals surface area contributed by atoms with E-state index in [4.69, 9.17) is 18.9 Å². The summed E-state index contributed by atoms with van der Waals surface area (Å²) < 4.78 is 23.4. The van der Waals surface area contributed by atoms with Crippen molar-refractivity contribution in [1.82, 2.24) is 4.57 Å². The van der Waals surface area contributed by atoms with Crippen molar-refractivity contribution in [1.29, 1.82) is 0 Å². The van der Waals surface area contributed by atoms with Gasteiger partial charge in [0.05, 0.1) is 20.3 Å². The maximum absolute atomic E-state index is 12.7. The molecule has 0 saturated carbocycles. The second-order valence-electron chi connectivity index (χ2n) is 7.10. The van der Waals surface area contributed by atoms with Crippen LogP contribution in [0.25, 0.3) is 0 Å². The van der Waals surface area contributed by atoms with Crippen LogP contribution in [0, 0.1) is 13.8 Å². The zero-order chi connectivity index (χ0) is 21.0. The first-order valence-electron chi connectivity index (χ1n) is 9.65. The van der Waals surface area contributed by atoms with E-state index >= 15 is 0 Å². The molecule has 2 heterocycles. The highest BCUT2D eigenvalue weighted by molar-refractivity contribution is 6.01. The van der Waals surface area contributed by atoms with E-state index in [0.717, 1.165) is 37.4 Å². The average Bonchev–Trinajstić information content (AvgIpc) is 3.35. The van der Waals surface area contributed by atoms with E-state index < -0.39 is 5.97 Å². The van der Waals surface area contributed by atoms with Gasteiger partial charge in [-0.25, -0.2) is 4.79 Å². The quantitative estimate of drug-likeness (QED) is 0.499. The molecule has 1 aromatic heterocycles. The highest BCUT2D eigenvalue weighted by atomic mass is 16.5. The Morgan fingerprint density at radius 1 is 1.14 bits per heavy atom. The Morgan fingerprint density at radius 3 is 2.59 bits per heavy atom. The molecule has 0 amide bonds. The molecule has 0 radical (unpaired) electrons. The highest BCUT2D eigenvalue weighted by Gasteiger charge is 2.22. The number of benzene rings is 1. The Labute approximate surface area is 170 Å². The molecule has 7 heteroatoms. The number of esters is 1. The van der Waals surface area contributed by atoms with Crippen LogP contribution in [-0.2, 0) is 16.0 Å². The molecule has 0 aliphatic carbocycles. The van der Waals surface area contributed by atoms with Crippen molar-refractivity contribution in [3.8, 4) is 11.5 Å². The molecule has 1 saturated heterocycles. The van der Waals surface area contributed by atoms with Gasteiger partial charge in [-0.1, -0.05) is 0 Å². The number of Topliss-reactive ketones (excluding diaryl/α,β-unsaturated/α-hetero) is 1. The van der Waals surface area contributed by atoms with Crippen LogP contribution in [0.2, 0.25) is 0 Å². The van der Waals surface area contributed by atoms with Gasteiger partial charge < -0.3 is 23.5 Å². The van der Waals surface area contributed by atoms with Crippen LogP contribution in [0.1, 0.15) is 44.9 Å². The highest BCUT2D eigenvalue weighted by Crippen LogP contribution is 2.25. The summed E-state index contributed by atoms with van der Waals surface area (Å²) in [6.07, 6.45) is 2.28. The number of ether oxygens (including phenoxy) is 4. The lowest BCUT2D eigenvalue weighted by atomic mass is 10.1. The van der Waals surface area contributed by atoms with Crippen molar-refractivity contribution in [2.75, 3.05) is 27.4 Å². The van der Waals surface area contributed by atoms with E-state index in [2.05, 4.69) is 4.57 Å². The second-order valence-corrected chi connectivity index (χ2v) is 7.10. The minimum Gasteiger partial charge on any atom is -0.497 e. The Hall–Kier alpha value is -2.80. The molecule has 1 aromatic carbocycles. The second kappa shape index (κ2) is 9.13. The van der Waals surface area contributed by atoms with E-state index in [1.807, 2.05) is 19.9 Å². The van der Waals surface area contributed by atoms with E-state index in [1.54, 1.807) is 12.1 Å². The van der Waals surface area contributed by atoms with Crippen LogP contribution in [0.15, 0.2) is 24.3 Å². The molecule has 7 nitrogen and oxygen atoms in total. The number of hydrogen-bond acceptors (Lipinski definition) is 6. The van der Waals surface area contributed by atoms with Crippen molar-refractivity contribution >= 4 is 11.8 Å². The van der Waals surface area contributed by atoms with Crippen LogP contribution in [0.5, 0.6) is 11.5 Å². The van der Waals surface area contributed by atoms with Crippen molar-refractivity contribution in [3.05, 3.63) is 46.8 Å². The summed E-state index contributed by atoms with van der Waals surface area (Å²) in [5, 5.41) is 0. The third-order valence-electron chi connectivity index (χ3n) is 5.25. The van der Waals surface area contributed by atoms with Gasteiger partial charge >= 0.3 is 5.97 Å². The fraction of sp³-hybridized carbons (Fsp3) is 0.455. The van der Waals surface area contributed by atoms with E-state index in [0.29, 0.717) is 17.1 Å². The van der Waals surface area contributed by atoms with Crippen molar-refractivity contribution in [2.24, 2.45) is 0 Å². The molecule has 1 fully saturated rings. The van der Waals surface area contributed by atoms with Gasteiger partial charge in [-0.15, -0.1) is 0 Å². The third kappa shape index (κ3) is 4.62. The monoisotopic (exact) mass is 401 g/mol. The molecule has 1 atom stereocenters. The van der Waals surface area contributed by atoms with E-state index in [1.165, 1.54) is 20.3 Å². The fourth-order valence-electron chi connectivity index (χ4n) is 3.62. The summed E-state index contributed by atoms with van der Waals surface area (Å²) >= 11 is 0. The number of rotatable bonds is 8. The summed E-state index contributed by atoms with van der Waals surface area (Å²) in [4.78, 5) is 25.2. The number of nitrogens with zero attached hydrogens (tertiary/aromatic N) is 1. The lowest BCUT2D eigenvalue weighted by Crippen LogP contribution is -2.18. The zero-order valence-electron chi connectivity index (χ0n) is 17.3. The number of aromatic nitrogens is 1. The van der Waals surface area contributed by atoms with Gasteiger partial charge in [0.2, 0.25) is 5.78 Å². The van der Waals surface area contributed by atoms with Crippen molar-refractivity contribution in [3.63, 3.8) is 0 Å². The topological polar surface area (TPSA) is 76.0 Å². The van der Waals surface area contributed by atoms with Gasteiger partial charge in [0.1, 0.15) is 17.1 Å². The number of methoxy groups -OCH3 is 2. The molecular weight excluding hydrogens is 374 g/mol. The Bertz CT molecular complexity index is 895. The zero-order valence-corrected chi connectivity index (χ0v) is 17.3. The van der Waals surface area contributed by atoms with Crippen LogP contribution in [0.4, 0.5) is 0 Å². The molecule has 0 unspecified atom stereocenters. The van der Waals surface area contributed by atoms with E-state index in [9.17, 15) is 9.59 Å². The summed E-state index contributed by atoms with van der Waals surface area (Å²) in [5.41, 5.74) is 2.62. The maximum atomic E-state index is 12.7. The summed E-state index contributed by atoms with van der Waals surface area (Å²) in [6.45, 7) is 5.04. The summed E-state index contributed by atoms with van der Waals surface area (Å²) in [7, 11) is 2.97. The third-order valence-corrected chi connectivity index (χ3v) is 5.25. The Kier molecular flexibility index (Phi) is 6.59. The number of carbonyl (C=O) groups excluding carboxylic acids is 2. The lowest BCUT2D eigenvalue weighted by Gasteiger charge is -2.15. The standard InChI is InChI=1S/C22H27NO6/c1-14-10-18(15(2)23(14)12-17-6-5-9-28-17)20(24)13-29-22(25)19-11-16(26-3)7-8-21(19)27-4/h7-8,10-11,17H,5-6,9,12-13H2,1-4H3/t17-/m1/s1. The van der Waals surface area contributed by atoms with Gasteiger partial charge in [0.25, 0.3) is 0 Å². The first-order valence-corrected chi connectivity index (χ1v) is 9.65. The van der Waals surface area contributed by atoms with Crippen LogP contribution in [0.3, 0.4) is 0 Å². The number of aryl methyl sites for hydroxylation is 1. The molecule has 29 heavy (non-hydrogen) atoms. The SMILES string of the molecule is COc1ccc(OC)c(C(=O)OCC(=O)c2cc(C)n(C[C@H]3CCCO3)c2C)c1. The first-order chi connectivity index (χ1) is 13.9. The van der Waals surface area contributed by atoms with E-state index in [-0.39, 0.29) is 24.1 Å². The smallest absolute Gasteiger partial charge is 0.342 e. The molecule has 3 rings (SSSR count). The average molecular weight is 401 g/mol. The minimum atomic E-state index is -0.637. The molecule has 0 N–H and O–H groups in total. The van der Waals surface area contributed by atoms with Crippen molar-refractivity contribution < 1.29 is 28.5 Å². The molecule has 2 aromatic rings. The fourth-order valence-corrected chi connectivity index (χ4v) is 3.62. The van der Waals surface area contributed by atoms with Crippen molar-refractivity contribution in [2.45, 2.75) is 39.3 Å². The normalized spacial score (nSPS) is 15.9. The summed E-state index contributed by atoms with van der Waals surface area (Å²) in [6, 6.07) is 6.67. The van der Waals surface area contributed by atoms with Gasteiger partial charge in [0, 0.05) is 30.1 Å².